The predicted octanol–water partition coefficient (Wildman–Crippen LogP) is 0.411. The van der Waals surface area contributed by atoms with Gasteiger partial charge >= 0.3 is 0 Å². The van der Waals surface area contributed by atoms with Crippen molar-refractivity contribution < 1.29 is 14.4 Å². The van der Waals surface area contributed by atoms with E-state index < -0.39 is 17.9 Å². The number of nitrogens with zero attached hydrogens (tertiary/aromatic N) is 1. The van der Waals surface area contributed by atoms with Gasteiger partial charge in [0.15, 0.2) is 0 Å². The number of hydrogen-bond donors (Lipinski definition) is 1. The molecule has 1 aliphatic heterocycles. The van der Waals surface area contributed by atoms with E-state index >= 15 is 0 Å². The van der Waals surface area contributed by atoms with Crippen molar-refractivity contribution in [2.24, 2.45) is 0 Å². The van der Waals surface area contributed by atoms with Gasteiger partial charge in [-0.15, -0.1) is 0 Å². The molecular weight excluding hydrogens is 244 g/mol. The number of imide groups is 1. The maximum absolute atomic E-state index is 12.1. The maximum Gasteiger partial charge on any atom is 0.249 e. The van der Waals surface area contributed by atoms with Crippen LogP contribution in [0.5, 0.6) is 0 Å². The first-order valence-corrected chi connectivity index (χ1v) is 6.16. The summed E-state index contributed by atoms with van der Waals surface area (Å²) in [6, 6.07) is 7.02. The number of rotatable bonds is 2. The zero-order chi connectivity index (χ0) is 14.0. The second-order valence-electron chi connectivity index (χ2n) is 4.77. The van der Waals surface area contributed by atoms with Crippen molar-refractivity contribution in [2.45, 2.75) is 26.3 Å². The van der Waals surface area contributed by atoms with Gasteiger partial charge in [0, 0.05) is 0 Å². The Kier molecular flexibility index (Phi) is 3.64. The van der Waals surface area contributed by atoms with Gasteiger partial charge in [-0.3, -0.25) is 19.7 Å². The first kappa shape index (κ1) is 13.3. The third-order valence-corrected chi connectivity index (χ3v) is 3.22. The molecule has 1 atom stereocenters. The summed E-state index contributed by atoms with van der Waals surface area (Å²) in [4.78, 5) is 36.3. The van der Waals surface area contributed by atoms with Gasteiger partial charge in [0.1, 0.15) is 12.6 Å². The molecule has 1 aliphatic rings. The quantitative estimate of drug-likeness (QED) is 0.783. The molecule has 5 heteroatoms. The second kappa shape index (κ2) is 5.22. The Labute approximate surface area is 111 Å². The third-order valence-electron chi connectivity index (χ3n) is 3.22. The van der Waals surface area contributed by atoms with Gasteiger partial charge in [-0.25, -0.2) is 0 Å². The number of hydrogen-bond acceptors (Lipinski definition) is 3. The SMILES string of the molecule is Cc1ccc(CC(=O)N2CC(=O)NC(=O)C2C)cc1. The van der Waals surface area contributed by atoms with Crippen molar-refractivity contribution in [2.75, 3.05) is 6.54 Å². The Hall–Kier alpha value is -2.17. The molecule has 1 aromatic carbocycles. The second-order valence-corrected chi connectivity index (χ2v) is 4.77. The number of carbonyl (C=O) groups excluding carboxylic acids is 3. The fraction of sp³-hybridized carbons (Fsp3) is 0.357. The maximum atomic E-state index is 12.1. The molecule has 1 unspecified atom stereocenters. The highest BCUT2D eigenvalue weighted by atomic mass is 16.2. The van der Waals surface area contributed by atoms with E-state index in [1.807, 2.05) is 31.2 Å². The summed E-state index contributed by atoms with van der Waals surface area (Å²) in [6.45, 7) is 3.54. The lowest BCUT2D eigenvalue weighted by Crippen LogP contribution is -2.58. The van der Waals surface area contributed by atoms with E-state index in [0.29, 0.717) is 0 Å². The summed E-state index contributed by atoms with van der Waals surface area (Å²) in [7, 11) is 0. The highest BCUT2D eigenvalue weighted by Crippen LogP contribution is 2.10. The number of benzene rings is 1. The van der Waals surface area contributed by atoms with Crippen LogP contribution < -0.4 is 5.32 Å². The largest absolute Gasteiger partial charge is 0.321 e. The number of amides is 3. The van der Waals surface area contributed by atoms with Crippen molar-refractivity contribution in [3.8, 4) is 0 Å². The average Bonchev–Trinajstić information content (AvgIpc) is 2.36. The van der Waals surface area contributed by atoms with Gasteiger partial charge < -0.3 is 4.90 Å². The van der Waals surface area contributed by atoms with Crippen LogP contribution >= 0.6 is 0 Å². The fourth-order valence-corrected chi connectivity index (χ4v) is 2.00. The van der Waals surface area contributed by atoms with Crippen LogP contribution in [0.1, 0.15) is 18.1 Å². The first-order chi connectivity index (χ1) is 8.97. The van der Waals surface area contributed by atoms with Crippen LogP contribution in [0, 0.1) is 6.92 Å². The van der Waals surface area contributed by atoms with Gasteiger partial charge in [0.2, 0.25) is 17.7 Å². The lowest BCUT2D eigenvalue weighted by molar-refractivity contribution is -0.149. The van der Waals surface area contributed by atoms with Crippen molar-refractivity contribution >= 4 is 17.7 Å². The van der Waals surface area contributed by atoms with Crippen LogP contribution in [-0.4, -0.2) is 35.2 Å². The van der Waals surface area contributed by atoms with Crippen LogP contribution in [0.25, 0.3) is 0 Å². The number of aryl methyl sites for hydroxylation is 1. The summed E-state index contributed by atoms with van der Waals surface area (Å²) in [6.07, 6.45) is 0.200. The summed E-state index contributed by atoms with van der Waals surface area (Å²) < 4.78 is 0. The first-order valence-electron chi connectivity index (χ1n) is 6.16. The summed E-state index contributed by atoms with van der Waals surface area (Å²) in [5.41, 5.74) is 2.00. The zero-order valence-electron chi connectivity index (χ0n) is 11.0. The molecule has 1 N–H and O–H groups in total. The third kappa shape index (κ3) is 2.99. The van der Waals surface area contributed by atoms with Crippen LogP contribution in [0.3, 0.4) is 0 Å². The molecule has 0 bridgehead atoms. The molecule has 1 saturated heterocycles. The van der Waals surface area contributed by atoms with E-state index in [1.54, 1.807) is 6.92 Å². The number of piperazine rings is 1. The minimum absolute atomic E-state index is 0.0579. The molecule has 1 aromatic rings. The molecule has 3 amide bonds. The lowest BCUT2D eigenvalue weighted by Gasteiger charge is -2.31. The van der Waals surface area contributed by atoms with Crippen LogP contribution in [0.2, 0.25) is 0 Å². The summed E-state index contributed by atoms with van der Waals surface area (Å²) >= 11 is 0. The Balaban J connectivity index is 2.08. The highest BCUT2D eigenvalue weighted by Gasteiger charge is 2.33. The van der Waals surface area contributed by atoms with Crippen molar-refractivity contribution in [1.29, 1.82) is 0 Å². The number of carbonyl (C=O) groups is 3. The summed E-state index contributed by atoms with van der Waals surface area (Å²) in [5, 5.41) is 2.21. The Morgan fingerprint density at radius 1 is 1.32 bits per heavy atom. The Morgan fingerprint density at radius 2 is 1.95 bits per heavy atom. The minimum Gasteiger partial charge on any atom is -0.321 e. The van der Waals surface area contributed by atoms with E-state index in [0.717, 1.165) is 11.1 Å². The van der Waals surface area contributed by atoms with E-state index in [-0.39, 0.29) is 18.9 Å². The van der Waals surface area contributed by atoms with Gasteiger partial charge in [0.05, 0.1) is 6.42 Å². The molecule has 0 spiro atoms. The monoisotopic (exact) mass is 260 g/mol. The standard InChI is InChI=1S/C14H16N2O3/c1-9-3-5-11(6-4-9)7-13(18)16-8-12(17)15-14(19)10(16)2/h3-6,10H,7-8H2,1-2H3,(H,15,17,19). The van der Waals surface area contributed by atoms with Crippen LogP contribution in [-0.2, 0) is 20.8 Å². The van der Waals surface area contributed by atoms with Crippen LogP contribution in [0.15, 0.2) is 24.3 Å². The molecule has 5 nitrogen and oxygen atoms in total. The lowest BCUT2D eigenvalue weighted by atomic mass is 10.1. The predicted molar refractivity (Wildman–Crippen MR) is 69.2 cm³/mol. The van der Waals surface area contributed by atoms with Gasteiger partial charge in [-0.05, 0) is 19.4 Å². The highest BCUT2D eigenvalue weighted by molar-refractivity contribution is 6.04. The van der Waals surface area contributed by atoms with Gasteiger partial charge in [-0.1, -0.05) is 29.8 Å². The molecule has 1 fully saturated rings. The molecule has 0 radical (unpaired) electrons. The van der Waals surface area contributed by atoms with Gasteiger partial charge in [0.25, 0.3) is 0 Å². The molecule has 100 valence electrons. The van der Waals surface area contributed by atoms with Gasteiger partial charge in [-0.2, -0.15) is 0 Å². The Bertz CT molecular complexity index is 522. The average molecular weight is 260 g/mol. The molecular formula is C14H16N2O3. The van der Waals surface area contributed by atoms with E-state index in [1.165, 1.54) is 4.90 Å². The summed E-state index contributed by atoms with van der Waals surface area (Å²) in [5.74, 6) is -1.06. The zero-order valence-corrected chi connectivity index (χ0v) is 11.0. The van der Waals surface area contributed by atoms with E-state index in [4.69, 9.17) is 0 Å². The smallest absolute Gasteiger partial charge is 0.249 e. The van der Waals surface area contributed by atoms with Crippen molar-refractivity contribution in [3.05, 3.63) is 35.4 Å². The molecule has 2 rings (SSSR count). The van der Waals surface area contributed by atoms with E-state index in [9.17, 15) is 14.4 Å². The fourth-order valence-electron chi connectivity index (χ4n) is 2.00. The molecule has 0 saturated carbocycles. The van der Waals surface area contributed by atoms with Crippen molar-refractivity contribution in [3.63, 3.8) is 0 Å². The molecule has 0 aliphatic carbocycles. The molecule has 1 heterocycles. The Morgan fingerprint density at radius 3 is 2.58 bits per heavy atom. The van der Waals surface area contributed by atoms with Crippen molar-refractivity contribution in [1.82, 2.24) is 10.2 Å². The van der Waals surface area contributed by atoms with E-state index in [2.05, 4.69) is 5.32 Å². The minimum atomic E-state index is -0.601. The van der Waals surface area contributed by atoms with Crippen LogP contribution in [0.4, 0.5) is 0 Å². The molecule has 19 heavy (non-hydrogen) atoms. The normalized spacial score (nSPS) is 19.3. The number of nitrogens with one attached hydrogen (secondary N) is 1. The molecule has 0 aromatic heterocycles. The topological polar surface area (TPSA) is 66.5 Å².